The first kappa shape index (κ1) is 26.1. The Balaban J connectivity index is 1.39. The zero-order valence-electron chi connectivity index (χ0n) is 20.6. The van der Waals surface area contributed by atoms with Crippen LogP contribution in [0.4, 0.5) is 5.69 Å². The topological polar surface area (TPSA) is 98.7 Å². The summed E-state index contributed by atoms with van der Waals surface area (Å²) >= 11 is 7.67. The van der Waals surface area contributed by atoms with E-state index >= 15 is 0 Å². The molecule has 2 bridgehead atoms. The fraction of sp³-hybridized carbons (Fsp3) is 0.464. The third kappa shape index (κ3) is 4.99. The van der Waals surface area contributed by atoms with Crippen LogP contribution in [0.5, 0.6) is 0 Å². The maximum Gasteiger partial charge on any atom is 0.248 e. The van der Waals surface area contributed by atoms with E-state index in [-0.39, 0.29) is 29.6 Å². The molecule has 0 radical (unpaired) electrons. The van der Waals surface area contributed by atoms with E-state index in [2.05, 4.69) is 10.6 Å². The average molecular weight is 542 g/mol. The van der Waals surface area contributed by atoms with E-state index in [0.29, 0.717) is 36.6 Å². The number of carbonyl (C=O) groups excluding carboxylic acids is 3. The number of unbranched alkanes of at least 4 members (excludes halogenated alkanes) is 2. The van der Waals surface area contributed by atoms with Gasteiger partial charge < -0.3 is 20.6 Å². The molecular formula is C28H32ClN3O4S. The van der Waals surface area contributed by atoms with E-state index in [4.69, 9.17) is 11.6 Å². The number of nitrogens with one attached hydrogen (secondary N) is 2. The van der Waals surface area contributed by atoms with Gasteiger partial charge in [0, 0.05) is 35.7 Å². The predicted molar refractivity (Wildman–Crippen MR) is 145 cm³/mol. The Morgan fingerprint density at radius 3 is 2.54 bits per heavy atom. The molecule has 37 heavy (non-hydrogen) atoms. The number of amides is 3. The Bertz CT molecular complexity index is 1150. The predicted octanol–water partition coefficient (Wildman–Crippen LogP) is 3.85. The molecule has 0 saturated carbocycles. The molecule has 3 aliphatic rings. The molecule has 5 atom stereocenters. The van der Waals surface area contributed by atoms with E-state index in [0.717, 1.165) is 24.8 Å². The second kappa shape index (κ2) is 11.1. The highest BCUT2D eigenvalue weighted by atomic mass is 35.5. The van der Waals surface area contributed by atoms with E-state index in [9.17, 15) is 19.5 Å². The molecule has 7 nitrogen and oxygen atoms in total. The highest BCUT2D eigenvalue weighted by Gasteiger charge is 2.73. The van der Waals surface area contributed by atoms with Gasteiger partial charge in [-0.3, -0.25) is 14.4 Å². The maximum absolute atomic E-state index is 13.9. The quantitative estimate of drug-likeness (QED) is 0.397. The standard InChI is InChI=1S/C28H32ClN3O4S/c29-19-9-11-20(12-10-19)31-26(35)24-28-14-13-21(37-28)22(25(34)30-17-18-7-3-1-4-8-18)23(28)27(36)32(24)15-5-2-6-16-33/h1,3-4,7-12,21-24,33H,2,5-6,13-17H2,(H,30,34)(H,31,35)/t21-,22+,23-,24?,28?/m0/s1. The van der Waals surface area contributed by atoms with Gasteiger partial charge >= 0.3 is 0 Å². The fourth-order valence-corrected chi connectivity index (χ4v) is 8.56. The summed E-state index contributed by atoms with van der Waals surface area (Å²) in [6, 6.07) is 16.0. The van der Waals surface area contributed by atoms with Gasteiger partial charge in [-0.15, -0.1) is 11.8 Å². The average Bonchev–Trinajstić information content (AvgIpc) is 3.54. The minimum Gasteiger partial charge on any atom is -0.396 e. The first-order valence-corrected chi connectivity index (χ1v) is 14.2. The van der Waals surface area contributed by atoms with Gasteiger partial charge in [-0.2, -0.15) is 0 Å². The molecule has 2 aromatic carbocycles. The lowest BCUT2D eigenvalue weighted by Gasteiger charge is -2.34. The van der Waals surface area contributed by atoms with Crippen LogP contribution < -0.4 is 10.6 Å². The highest BCUT2D eigenvalue weighted by Crippen LogP contribution is 2.66. The van der Waals surface area contributed by atoms with Gasteiger partial charge in [-0.25, -0.2) is 0 Å². The summed E-state index contributed by atoms with van der Waals surface area (Å²) in [5, 5.41) is 15.8. The van der Waals surface area contributed by atoms with Crippen molar-refractivity contribution in [2.75, 3.05) is 18.5 Å². The number of aliphatic hydroxyl groups excluding tert-OH is 1. The van der Waals surface area contributed by atoms with Crippen LogP contribution in [-0.2, 0) is 20.9 Å². The number of anilines is 1. The van der Waals surface area contributed by atoms with Crippen LogP contribution in [0.1, 0.15) is 37.7 Å². The van der Waals surface area contributed by atoms with Crippen molar-refractivity contribution in [3.05, 3.63) is 65.2 Å². The minimum absolute atomic E-state index is 0.0205. The van der Waals surface area contributed by atoms with Crippen molar-refractivity contribution in [3.8, 4) is 0 Å². The second-order valence-electron chi connectivity index (χ2n) is 10.1. The lowest BCUT2D eigenvalue weighted by Crippen LogP contribution is -2.51. The van der Waals surface area contributed by atoms with Crippen molar-refractivity contribution in [2.45, 2.75) is 54.7 Å². The van der Waals surface area contributed by atoms with Crippen molar-refractivity contribution in [1.82, 2.24) is 10.2 Å². The Hall–Kier alpha value is -2.55. The highest BCUT2D eigenvalue weighted by molar-refractivity contribution is 8.02. The second-order valence-corrected chi connectivity index (χ2v) is 12.1. The van der Waals surface area contributed by atoms with E-state index < -0.39 is 22.6 Å². The Kier molecular flexibility index (Phi) is 7.79. The van der Waals surface area contributed by atoms with Crippen LogP contribution >= 0.6 is 23.4 Å². The molecule has 2 aromatic rings. The number of thioether (sulfide) groups is 1. The molecular weight excluding hydrogens is 510 g/mol. The number of halogens is 1. The van der Waals surface area contributed by atoms with Gasteiger partial charge in [0.25, 0.3) is 0 Å². The molecule has 3 fully saturated rings. The molecule has 5 rings (SSSR count). The third-order valence-electron chi connectivity index (χ3n) is 7.83. The minimum atomic E-state index is -0.656. The Morgan fingerprint density at radius 1 is 1.05 bits per heavy atom. The van der Waals surface area contributed by atoms with Crippen LogP contribution in [0.2, 0.25) is 5.02 Å². The summed E-state index contributed by atoms with van der Waals surface area (Å²) in [7, 11) is 0. The monoisotopic (exact) mass is 541 g/mol. The van der Waals surface area contributed by atoms with Gasteiger partial charge in [0.05, 0.1) is 16.6 Å². The van der Waals surface area contributed by atoms with Gasteiger partial charge in [0.1, 0.15) is 6.04 Å². The number of likely N-dealkylation sites (tertiary alicyclic amines) is 1. The van der Waals surface area contributed by atoms with Crippen molar-refractivity contribution in [2.24, 2.45) is 11.8 Å². The molecule has 0 aromatic heterocycles. The first-order chi connectivity index (χ1) is 17.9. The largest absolute Gasteiger partial charge is 0.396 e. The molecule has 1 spiro atoms. The molecule has 3 aliphatic heterocycles. The van der Waals surface area contributed by atoms with Crippen LogP contribution in [0.15, 0.2) is 54.6 Å². The normalized spacial score (nSPS) is 27.8. The first-order valence-electron chi connectivity index (χ1n) is 12.9. The van der Waals surface area contributed by atoms with E-state index in [1.807, 2.05) is 30.3 Å². The summed E-state index contributed by atoms with van der Waals surface area (Å²) in [5.74, 6) is -1.41. The maximum atomic E-state index is 13.9. The zero-order valence-corrected chi connectivity index (χ0v) is 22.1. The number of fused-ring (bicyclic) bond motifs is 1. The van der Waals surface area contributed by atoms with Crippen molar-refractivity contribution >= 4 is 46.8 Å². The van der Waals surface area contributed by atoms with E-state index in [1.54, 1.807) is 40.9 Å². The molecule has 3 heterocycles. The van der Waals surface area contributed by atoms with Gasteiger partial charge in [-0.1, -0.05) is 41.9 Å². The van der Waals surface area contributed by atoms with Crippen LogP contribution in [0, 0.1) is 11.8 Å². The number of rotatable bonds is 10. The summed E-state index contributed by atoms with van der Waals surface area (Å²) < 4.78 is -0.621. The molecule has 3 N–H and O–H groups in total. The van der Waals surface area contributed by atoms with Crippen LogP contribution in [-0.4, -0.2) is 56.9 Å². The zero-order chi connectivity index (χ0) is 26.0. The molecule has 9 heteroatoms. The fourth-order valence-electron chi connectivity index (χ4n) is 6.21. The number of nitrogens with zero attached hydrogens (tertiary/aromatic N) is 1. The van der Waals surface area contributed by atoms with Crippen LogP contribution in [0.3, 0.4) is 0 Å². The number of aliphatic hydroxyl groups is 1. The summed E-state index contributed by atoms with van der Waals surface area (Å²) in [6.45, 7) is 0.939. The SMILES string of the molecule is O=C(Nc1ccc(Cl)cc1)C1N(CCCCCO)C(=O)[C@@H]2[C@H](C(=O)NCc3ccccc3)[C@@H]3CCC12S3. The molecule has 0 aliphatic carbocycles. The number of hydrogen-bond donors (Lipinski definition) is 3. The summed E-state index contributed by atoms with van der Waals surface area (Å²) in [6.07, 6.45) is 3.65. The van der Waals surface area contributed by atoms with E-state index in [1.165, 1.54) is 0 Å². The molecule has 196 valence electrons. The van der Waals surface area contributed by atoms with Crippen molar-refractivity contribution in [3.63, 3.8) is 0 Å². The van der Waals surface area contributed by atoms with Crippen LogP contribution in [0.25, 0.3) is 0 Å². The lowest BCUT2D eigenvalue weighted by atomic mass is 9.70. The van der Waals surface area contributed by atoms with Gasteiger partial charge in [0.2, 0.25) is 17.7 Å². The van der Waals surface area contributed by atoms with Gasteiger partial charge in [0.15, 0.2) is 0 Å². The van der Waals surface area contributed by atoms with Crippen molar-refractivity contribution in [1.29, 1.82) is 0 Å². The van der Waals surface area contributed by atoms with Gasteiger partial charge in [-0.05, 0) is 61.9 Å². The molecule has 2 unspecified atom stereocenters. The number of benzene rings is 2. The smallest absolute Gasteiger partial charge is 0.248 e. The third-order valence-corrected chi connectivity index (χ3v) is 10.0. The molecule has 3 saturated heterocycles. The molecule has 3 amide bonds. The Morgan fingerprint density at radius 2 is 1.81 bits per heavy atom. The number of carbonyl (C=O) groups is 3. The Labute approximate surface area is 226 Å². The van der Waals surface area contributed by atoms with Crippen molar-refractivity contribution < 1.29 is 19.5 Å². The number of hydrogen-bond acceptors (Lipinski definition) is 5. The summed E-state index contributed by atoms with van der Waals surface area (Å²) in [4.78, 5) is 42.9. The summed E-state index contributed by atoms with van der Waals surface area (Å²) in [5.41, 5.74) is 1.63. The lowest BCUT2D eigenvalue weighted by molar-refractivity contribution is -0.139.